The molecule has 3 aromatic rings. The number of aromatic nitrogens is 2. The molecule has 0 amide bonds. The molecule has 6 heteroatoms. The molecule has 0 aliphatic heterocycles. The number of rotatable bonds is 8. The molecule has 0 N–H and O–H groups in total. The van der Waals surface area contributed by atoms with Gasteiger partial charge in [-0.2, -0.15) is 0 Å². The van der Waals surface area contributed by atoms with Gasteiger partial charge in [0.15, 0.2) is 0 Å². The van der Waals surface area contributed by atoms with Crippen molar-refractivity contribution < 1.29 is 9.47 Å². The van der Waals surface area contributed by atoms with Gasteiger partial charge >= 0.3 is 0 Å². The minimum Gasteiger partial charge on any atom is -0.492 e. The van der Waals surface area contributed by atoms with Gasteiger partial charge < -0.3 is 14.0 Å². The second-order valence-corrected chi connectivity index (χ2v) is 7.86. The highest BCUT2D eigenvalue weighted by atomic mass is 35.5. The number of hydrogen-bond donors (Lipinski definition) is 0. The standard InChI is InChI=1S/C22H27ClN2O3/c1-14(2)6-5-10-28-20-13-19-17(12-18(20)23)16-7-8-24-15(3)21(16)22(26)25(19)9-11-27-4/h7-8,12-14H,5-6,9-11H2,1-4H3. The van der Waals surface area contributed by atoms with E-state index in [9.17, 15) is 4.79 Å². The molecule has 2 heterocycles. The zero-order chi connectivity index (χ0) is 20.3. The Morgan fingerprint density at radius 1 is 1.21 bits per heavy atom. The molecular weight excluding hydrogens is 376 g/mol. The number of benzene rings is 1. The summed E-state index contributed by atoms with van der Waals surface area (Å²) < 4.78 is 12.9. The SMILES string of the molecule is COCCn1c(=O)c2c(C)nccc2c2cc(Cl)c(OCCCC(C)C)cc21. The van der Waals surface area contributed by atoms with Crippen LogP contribution in [-0.2, 0) is 11.3 Å². The van der Waals surface area contributed by atoms with Crippen LogP contribution in [0, 0.1) is 12.8 Å². The van der Waals surface area contributed by atoms with Crippen LogP contribution in [0.25, 0.3) is 21.7 Å². The Labute approximate surface area is 170 Å². The summed E-state index contributed by atoms with van der Waals surface area (Å²) in [6.45, 7) is 7.73. The van der Waals surface area contributed by atoms with Crippen LogP contribution in [0.15, 0.2) is 29.2 Å². The lowest BCUT2D eigenvalue weighted by atomic mass is 10.1. The lowest BCUT2D eigenvalue weighted by molar-refractivity contribution is 0.187. The maximum Gasteiger partial charge on any atom is 0.260 e. The maximum atomic E-state index is 13.2. The van der Waals surface area contributed by atoms with Crippen molar-refractivity contribution in [3.05, 3.63) is 45.5 Å². The quantitative estimate of drug-likeness (QED) is 0.394. The number of aryl methyl sites for hydroxylation is 1. The van der Waals surface area contributed by atoms with Gasteiger partial charge in [-0.05, 0) is 43.2 Å². The van der Waals surface area contributed by atoms with E-state index in [4.69, 9.17) is 21.1 Å². The van der Waals surface area contributed by atoms with Crippen molar-refractivity contribution in [3.8, 4) is 5.75 Å². The molecule has 0 aliphatic rings. The highest BCUT2D eigenvalue weighted by Gasteiger charge is 2.16. The van der Waals surface area contributed by atoms with Crippen molar-refractivity contribution in [1.29, 1.82) is 0 Å². The molecule has 1 aromatic carbocycles. The molecule has 0 atom stereocenters. The number of hydrogen-bond acceptors (Lipinski definition) is 4. The fourth-order valence-corrected chi connectivity index (χ4v) is 3.69. The van der Waals surface area contributed by atoms with Crippen molar-refractivity contribution in [1.82, 2.24) is 9.55 Å². The van der Waals surface area contributed by atoms with Crippen molar-refractivity contribution in [2.24, 2.45) is 5.92 Å². The van der Waals surface area contributed by atoms with Gasteiger partial charge in [-0.15, -0.1) is 0 Å². The topological polar surface area (TPSA) is 53.4 Å². The average molecular weight is 403 g/mol. The van der Waals surface area contributed by atoms with Crippen LogP contribution in [0.5, 0.6) is 5.75 Å². The minimum absolute atomic E-state index is 0.0711. The second-order valence-electron chi connectivity index (χ2n) is 7.45. The van der Waals surface area contributed by atoms with Crippen LogP contribution in [0.3, 0.4) is 0 Å². The molecular formula is C22H27ClN2O3. The van der Waals surface area contributed by atoms with E-state index >= 15 is 0 Å². The van der Waals surface area contributed by atoms with Gasteiger partial charge in [-0.3, -0.25) is 9.78 Å². The number of halogens is 1. The summed E-state index contributed by atoms with van der Waals surface area (Å²) in [6.07, 6.45) is 3.78. The molecule has 0 saturated heterocycles. The monoisotopic (exact) mass is 402 g/mol. The lowest BCUT2D eigenvalue weighted by Gasteiger charge is -2.16. The van der Waals surface area contributed by atoms with E-state index in [0.29, 0.717) is 47.5 Å². The molecule has 150 valence electrons. The second kappa shape index (κ2) is 8.93. The molecule has 3 rings (SSSR count). The molecule has 0 aliphatic carbocycles. The van der Waals surface area contributed by atoms with Crippen LogP contribution >= 0.6 is 11.6 Å². The number of fused-ring (bicyclic) bond motifs is 3. The molecule has 0 saturated carbocycles. The Hall–Kier alpha value is -2.11. The molecule has 28 heavy (non-hydrogen) atoms. The minimum atomic E-state index is -0.0711. The fourth-order valence-electron chi connectivity index (χ4n) is 3.48. The number of methoxy groups -OCH3 is 1. The lowest BCUT2D eigenvalue weighted by Crippen LogP contribution is -2.24. The summed E-state index contributed by atoms with van der Waals surface area (Å²) in [6, 6.07) is 5.63. The molecule has 0 unspecified atom stereocenters. The van der Waals surface area contributed by atoms with E-state index in [1.54, 1.807) is 17.9 Å². The fraction of sp³-hybridized carbons (Fsp3) is 0.455. The predicted octanol–water partition coefficient (Wildman–Crippen LogP) is 4.97. The van der Waals surface area contributed by atoms with E-state index in [0.717, 1.165) is 29.1 Å². The maximum absolute atomic E-state index is 13.2. The van der Waals surface area contributed by atoms with Gasteiger partial charge in [0.05, 0.1) is 34.8 Å². The number of nitrogens with zero attached hydrogens (tertiary/aromatic N) is 2. The van der Waals surface area contributed by atoms with Crippen LogP contribution in [-0.4, -0.2) is 29.9 Å². The van der Waals surface area contributed by atoms with E-state index in [2.05, 4.69) is 18.8 Å². The summed E-state index contributed by atoms with van der Waals surface area (Å²) in [5.74, 6) is 1.24. The first-order valence-electron chi connectivity index (χ1n) is 9.67. The highest BCUT2D eigenvalue weighted by molar-refractivity contribution is 6.33. The zero-order valence-corrected chi connectivity index (χ0v) is 17.7. The van der Waals surface area contributed by atoms with Gasteiger partial charge in [0.1, 0.15) is 5.75 Å². The highest BCUT2D eigenvalue weighted by Crippen LogP contribution is 2.33. The predicted molar refractivity (Wildman–Crippen MR) is 115 cm³/mol. The average Bonchev–Trinajstić information content (AvgIpc) is 2.65. The van der Waals surface area contributed by atoms with Gasteiger partial charge in [-0.1, -0.05) is 25.4 Å². The van der Waals surface area contributed by atoms with E-state index in [1.165, 1.54) is 0 Å². The van der Waals surface area contributed by atoms with Crippen LogP contribution in [0.4, 0.5) is 0 Å². The zero-order valence-electron chi connectivity index (χ0n) is 16.9. The molecule has 2 aromatic heterocycles. The Morgan fingerprint density at radius 3 is 2.71 bits per heavy atom. The molecule has 0 radical (unpaired) electrons. The van der Waals surface area contributed by atoms with Gasteiger partial charge in [0.2, 0.25) is 0 Å². The summed E-state index contributed by atoms with van der Waals surface area (Å²) in [4.78, 5) is 17.5. The first-order valence-corrected chi connectivity index (χ1v) is 10.0. The Bertz CT molecular complexity index is 1040. The molecule has 5 nitrogen and oxygen atoms in total. The van der Waals surface area contributed by atoms with Crippen molar-refractivity contribution in [2.75, 3.05) is 20.3 Å². The van der Waals surface area contributed by atoms with Gasteiger partial charge in [0.25, 0.3) is 5.56 Å². The Kier molecular flexibility index (Phi) is 6.57. The summed E-state index contributed by atoms with van der Waals surface area (Å²) >= 11 is 6.53. The van der Waals surface area contributed by atoms with E-state index < -0.39 is 0 Å². The molecule has 0 bridgehead atoms. The van der Waals surface area contributed by atoms with E-state index in [1.807, 2.05) is 25.1 Å². The Morgan fingerprint density at radius 2 is 2.00 bits per heavy atom. The van der Waals surface area contributed by atoms with Crippen molar-refractivity contribution >= 4 is 33.3 Å². The van der Waals surface area contributed by atoms with Crippen LogP contribution < -0.4 is 10.3 Å². The third-order valence-electron chi connectivity index (χ3n) is 4.93. The van der Waals surface area contributed by atoms with Crippen molar-refractivity contribution in [3.63, 3.8) is 0 Å². The first-order chi connectivity index (χ1) is 13.4. The summed E-state index contributed by atoms with van der Waals surface area (Å²) in [7, 11) is 1.63. The third-order valence-corrected chi connectivity index (χ3v) is 5.23. The number of pyridine rings is 2. The number of ether oxygens (including phenoxy) is 2. The summed E-state index contributed by atoms with van der Waals surface area (Å²) in [5, 5.41) is 2.93. The van der Waals surface area contributed by atoms with Crippen LogP contribution in [0.1, 0.15) is 32.4 Å². The largest absolute Gasteiger partial charge is 0.492 e. The Balaban J connectivity index is 2.15. The normalized spacial score (nSPS) is 11.6. The smallest absolute Gasteiger partial charge is 0.260 e. The molecule has 0 fully saturated rings. The van der Waals surface area contributed by atoms with Gasteiger partial charge in [0, 0.05) is 31.3 Å². The van der Waals surface area contributed by atoms with Gasteiger partial charge in [-0.25, -0.2) is 0 Å². The third kappa shape index (κ3) is 4.15. The first kappa shape index (κ1) is 20.6. The van der Waals surface area contributed by atoms with Crippen LogP contribution in [0.2, 0.25) is 5.02 Å². The van der Waals surface area contributed by atoms with E-state index in [-0.39, 0.29) is 5.56 Å². The summed E-state index contributed by atoms with van der Waals surface area (Å²) in [5.41, 5.74) is 1.43. The van der Waals surface area contributed by atoms with Crippen molar-refractivity contribution in [2.45, 2.75) is 40.2 Å². The molecule has 0 spiro atoms.